The molecule has 2 aromatic carbocycles. The number of fused-ring (bicyclic) bond motifs is 2. The molecule has 370 valence electrons. The Bertz CT molecular complexity index is 2390. The van der Waals surface area contributed by atoms with Crippen LogP contribution in [0.25, 0.3) is 0 Å². The van der Waals surface area contributed by atoms with E-state index in [2.05, 4.69) is 0 Å². The van der Waals surface area contributed by atoms with E-state index in [9.17, 15) is 48.8 Å². The average molecular weight is 988 g/mol. The van der Waals surface area contributed by atoms with Crippen LogP contribution < -0.4 is 4.90 Å². The number of allylic oxidation sites excluding steroid dienone is 4. The molecule has 0 fully saturated rings. The van der Waals surface area contributed by atoms with Gasteiger partial charge in [-0.2, -0.15) is 13.0 Å². The van der Waals surface area contributed by atoms with Crippen molar-refractivity contribution in [2.24, 2.45) is 0 Å². The quantitative estimate of drug-likeness (QED) is 0.0593. The summed E-state index contributed by atoms with van der Waals surface area (Å²) in [5.74, 6) is -1.47. The van der Waals surface area contributed by atoms with Crippen molar-refractivity contribution in [3.63, 3.8) is 0 Å². The Balaban J connectivity index is 1.84. The Morgan fingerprint density at radius 2 is 1.24 bits per heavy atom. The largest absolute Gasteiger partial charge is 0.744 e. The smallest absolute Gasteiger partial charge is 0.303 e. The van der Waals surface area contributed by atoms with Crippen LogP contribution in [-0.4, -0.2) is 159 Å². The first-order chi connectivity index (χ1) is 31.2. The Morgan fingerprint density at radius 3 is 1.79 bits per heavy atom. The van der Waals surface area contributed by atoms with Crippen LogP contribution in [0.1, 0.15) is 69.9 Å². The van der Waals surface area contributed by atoms with E-state index in [0.717, 1.165) is 0 Å². The van der Waals surface area contributed by atoms with E-state index in [4.69, 9.17) is 28.4 Å². The van der Waals surface area contributed by atoms with E-state index in [1.54, 1.807) is 32.4 Å². The monoisotopic (exact) mass is 987 g/mol. The van der Waals surface area contributed by atoms with Crippen molar-refractivity contribution in [2.45, 2.75) is 79.4 Å². The molecule has 19 nitrogen and oxygen atoms in total. The third-order valence-corrected chi connectivity index (χ3v) is 14.1. The van der Waals surface area contributed by atoms with Crippen LogP contribution in [0.5, 0.6) is 0 Å². The van der Waals surface area contributed by atoms with Gasteiger partial charge in [0.05, 0.1) is 73.8 Å². The van der Waals surface area contributed by atoms with Crippen molar-refractivity contribution in [1.29, 1.82) is 0 Å². The number of unbranched alkanes of at least 4 members (excludes halogenated alkanes) is 2. The Morgan fingerprint density at radius 1 is 0.712 bits per heavy atom. The van der Waals surface area contributed by atoms with Gasteiger partial charge in [-0.15, -0.1) is 0 Å². The molecule has 4 rings (SSSR count). The molecule has 0 amide bonds. The van der Waals surface area contributed by atoms with Crippen LogP contribution >= 0.6 is 0 Å². The van der Waals surface area contributed by atoms with Crippen molar-refractivity contribution in [3.05, 3.63) is 71.5 Å². The maximum atomic E-state index is 12.4. The molecule has 0 bridgehead atoms. The molecule has 0 aliphatic carbocycles. The topological polar surface area (TPSA) is 268 Å². The molecule has 0 spiro atoms. The Hall–Kier alpha value is -3.65. The molecule has 66 heavy (non-hydrogen) atoms. The summed E-state index contributed by atoms with van der Waals surface area (Å²) in [5.41, 5.74) is 1.55. The van der Waals surface area contributed by atoms with Crippen molar-refractivity contribution < 1.29 is 81.8 Å². The highest BCUT2D eigenvalue weighted by Gasteiger charge is 2.48. The van der Waals surface area contributed by atoms with Crippen molar-refractivity contribution in [3.8, 4) is 0 Å². The maximum Gasteiger partial charge on any atom is 0.303 e. The minimum Gasteiger partial charge on any atom is -0.744 e. The van der Waals surface area contributed by atoms with Gasteiger partial charge in [-0.3, -0.25) is 9.35 Å². The summed E-state index contributed by atoms with van der Waals surface area (Å²) in [5, 5.41) is 9.25. The number of benzene rings is 2. The van der Waals surface area contributed by atoms with Crippen molar-refractivity contribution >= 4 is 53.4 Å². The molecule has 0 aromatic heterocycles. The van der Waals surface area contributed by atoms with Crippen LogP contribution in [0.3, 0.4) is 0 Å². The predicted octanol–water partition coefficient (Wildman–Crippen LogP) is 4.13. The molecule has 0 saturated heterocycles. The number of anilines is 1. The number of carboxylic acids is 1. The molecule has 0 radical (unpaired) electrons. The van der Waals surface area contributed by atoms with Gasteiger partial charge in [0, 0.05) is 81.3 Å². The zero-order valence-electron chi connectivity index (χ0n) is 38.0. The van der Waals surface area contributed by atoms with Crippen LogP contribution in [0.2, 0.25) is 0 Å². The molecule has 22 heteroatoms. The lowest BCUT2D eigenvalue weighted by atomic mass is 9.76. The summed E-state index contributed by atoms with van der Waals surface area (Å²) < 4.78 is 142. The zero-order valence-corrected chi connectivity index (χ0v) is 40.4. The molecule has 2 aromatic rings. The molecule has 0 saturated carbocycles. The van der Waals surface area contributed by atoms with Crippen LogP contribution in [0.15, 0.2) is 70.1 Å². The number of ether oxygens (including phenoxy) is 6. The molecule has 2 aliphatic heterocycles. The fraction of sp³-hybridized carbons (Fsp3) is 0.591. The lowest BCUT2D eigenvalue weighted by Crippen LogP contribution is -2.33. The first-order valence-corrected chi connectivity index (χ1v) is 26.1. The highest BCUT2D eigenvalue weighted by molar-refractivity contribution is 7.86. The summed E-state index contributed by atoms with van der Waals surface area (Å²) in [6, 6.07) is 8.24. The first-order valence-electron chi connectivity index (χ1n) is 21.7. The highest BCUT2D eigenvalue weighted by Crippen LogP contribution is 2.51. The summed E-state index contributed by atoms with van der Waals surface area (Å²) in [4.78, 5) is 12.4. The number of rotatable bonds is 32. The van der Waals surface area contributed by atoms with Gasteiger partial charge >= 0.3 is 5.97 Å². The van der Waals surface area contributed by atoms with Gasteiger partial charge < -0.3 is 47.5 Å². The molecule has 2 atom stereocenters. The Labute approximate surface area is 388 Å². The number of methoxy groups -OCH3 is 2. The molecule has 2 aliphatic rings. The van der Waals surface area contributed by atoms with E-state index in [1.807, 2.05) is 29.4 Å². The SMILES string of the molecule is COCCOCCOCCC1(C)C(=CC=CC2=[N+](CCCS(=O)(=O)O)c3ccc(S(=O)(=O)[O-])cc3C2(C)CCOCCOCCOC)N(CCCCCC(=O)O)c2ccc(S(=O)(=O)[O-])cc21. The lowest BCUT2D eigenvalue weighted by Gasteiger charge is -2.30. The summed E-state index contributed by atoms with van der Waals surface area (Å²) in [6.45, 7) is 7.30. The standard InChI is InChI=1S/C44H64N2O17S3/c1-43(17-21-60-27-29-62-25-23-58-3)36-32-34(65(52,53)54)13-15-38(36)45(19-7-5-6-12-42(47)48)40(43)10-8-11-41-44(2,18-22-61-28-30-63-26-24-59-4)37-33-35(66(55,56)57)14-16-39(37)46(41)20-9-31-64(49,50)51/h8,10-11,13-16,32-33H,5-7,9,12,17-31H2,1-4H3,(H3-,47,48,49,50,51,52,53,54,55,56,57)/p-1. The van der Waals surface area contributed by atoms with Crippen molar-refractivity contribution in [1.82, 2.24) is 0 Å². The van der Waals surface area contributed by atoms with Crippen LogP contribution in [0.4, 0.5) is 11.4 Å². The second-order valence-electron chi connectivity index (χ2n) is 16.3. The number of hydrogen-bond donors (Lipinski definition) is 2. The Kier molecular flexibility index (Phi) is 20.9. The fourth-order valence-electron chi connectivity index (χ4n) is 8.22. The van der Waals surface area contributed by atoms with E-state index >= 15 is 0 Å². The molecule has 2 unspecified atom stereocenters. The summed E-state index contributed by atoms with van der Waals surface area (Å²) >= 11 is 0. The average Bonchev–Trinajstić information content (AvgIpc) is 3.61. The molecule has 2 N–H and O–H groups in total. The van der Waals surface area contributed by atoms with Gasteiger partial charge in [0.2, 0.25) is 5.69 Å². The third kappa shape index (κ3) is 15.4. The van der Waals surface area contributed by atoms with Gasteiger partial charge in [0.1, 0.15) is 26.8 Å². The van der Waals surface area contributed by atoms with Gasteiger partial charge in [-0.05, 0) is 81.5 Å². The number of carboxylic acid groups (broad SMARTS) is 1. The minimum atomic E-state index is -4.89. The van der Waals surface area contributed by atoms with Crippen LogP contribution in [-0.2, 0) is 74.4 Å². The summed E-state index contributed by atoms with van der Waals surface area (Å²) in [7, 11) is -11.0. The number of hydrogen-bond acceptors (Lipinski definition) is 16. The minimum absolute atomic E-state index is 0.00702. The van der Waals surface area contributed by atoms with Gasteiger partial charge in [-0.1, -0.05) is 12.5 Å². The van der Waals surface area contributed by atoms with Gasteiger partial charge in [0.15, 0.2) is 5.71 Å². The second kappa shape index (κ2) is 25.1. The van der Waals surface area contributed by atoms with E-state index in [1.165, 1.54) is 30.3 Å². The predicted molar refractivity (Wildman–Crippen MR) is 241 cm³/mol. The second-order valence-corrected chi connectivity index (χ2v) is 20.6. The number of carbonyl (C=O) groups is 1. The van der Waals surface area contributed by atoms with E-state index in [-0.39, 0.29) is 58.8 Å². The highest BCUT2D eigenvalue weighted by atomic mass is 32.2. The molecular formula is C44H63N2O17S3-. The van der Waals surface area contributed by atoms with E-state index < -0.39 is 62.7 Å². The number of aliphatic carboxylic acids is 1. The van der Waals surface area contributed by atoms with E-state index in [0.29, 0.717) is 99.2 Å². The maximum absolute atomic E-state index is 12.4. The first kappa shape index (κ1) is 55.0. The van der Waals surface area contributed by atoms with Gasteiger partial charge in [-0.25, -0.2) is 16.8 Å². The van der Waals surface area contributed by atoms with Crippen molar-refractivity contribution in [2.75, 3.05) is 104 Å². The lowest BCUT2D eigenvalue weighted by molar-refractivity contribution is -0.437. The summed E-state index contributed by atoms with van der Waals surface area (Å²) in [6.07, 6.45) is 7.58. The molecule has 2 heterocycles. The zero-order chi connectivity index (χ0) is 48.6. The molecular weight excluding hydrogens is 925 g/mol. The van der Waals surface area contributed by atoms with Crippen LogP contribution in [0, 0.1) is 0 Å². The number of nitrogens with zero attached hydrogens (tertiary/aromatic N) is 2. The third-order valence-electron chi connectivity index (χ3n) is 11.7. The fourth-order valence-corrected chi connectivity index (χ4v) is 9.71. The van der Waals surface area contributed by atoms with Gasteiger partial charge in [0.25, 0.3) is 10.1 Å². The normalized spacial score (nSPS) is 19.4.